The predicted octanol–water partition coefficient (Wildman–Crippen LogP) is 1.67. The van der Waals surface area contributed by atoms with Gasteiger partial charge in [0.2, 0.25) is 5.12 Å². The van der Waals surface area contributed by atoms with E-state index in [0.717, 1.165) is 5.56 Å². The Kier molecular flexibility index (Phi) is 5.95. The molecule has 0 aliphatic heterocycles. The molecule has 1 unspecified atom stereocenters. The zero-order valence-electron chi connectivity index (χ0n) is 10.2. The highest BCUT2D eigenvalue weighted by atomic mass is 32.1. The molecule has 0 bridgehead atoms. The van der Waals surface area contributed by atoms with E-state index in [1.807, 2.05) is 0 Å². The first kappa shape index (κ1) is 15.1. The molecule has 0 fully saturated rings. The number of alkyl carbamates (subject to hydrolysis) is 1. The fourth-order valence-corrected chi connectivity index (χ4v) is 1.54. The lowest BCUT2D eigenvalue weighted by atomic mass is 10.1. The average molecular weight is 281 g/mol. The standard InChI is InChI=1S/C13H15NO4S/c1-2-7-18-13(17)14-11(12(16)19)8-9-3-5-10(15)6-4-9/h2-6,11,15H,1,7-8H2,(H,14,17)(H,16,19). The van der Waals surface area contributed by atoms with Gasteiger partial charge in [-0.2, -0.15) is 0 Å². The van der Waals surface area contributed by atoms with Crippen molar-refractivity contribution in [1.29, 1.82) is 0 Å². The Morgan fingerprint density at radius 2 is 2.05 bits per heavy atom. The highest BCUT2D eigenvalue weighted by Gasteiger charge is 2.19. The van der Waals surface area contributed by atoms with E-state index in [1.54, 1.807) is 12.1 Å². The third-order valence-corrected chi connectivity index (χ3v) is 2.61. The highest BCUT2D eigenvalue weighted by molar-refractivity contribution is 7.96. The monoisotopic (exact) mass is 281 g/mol. The van der Waals surface area contributed by atoms with E-state index >= 15 is 0 Å². The Hall–Kier alpha value is -1.95. The van der Waals surface area contributed by atoms with E-state index in [9.17, 15) is 9.59 Å². The predicted molar refractivity (Wildman–Crippen MR) is 74.3 cm³/mol. The van der Waals surface area contributed by atoms with Gasteiger partial charge in [0, 0.05) is 6.42 Å². The van der Waals surface area contributed by atoms with Crippen molar-refractivity contribution < 1.29 is 19.4 Å². The van der Waals surface area contributed by atoms with Gasteiger partial charge in [-0.05, 0) is 17.7 Å². The molecule has 2 N–H and O–H groups in total. The highest BCUT2D eigenvalue weighted by Crippen LogP contribution is 2.12. The van der Waals surface area contributed by atoms with Crippen molar-refractivity contribution in [3.63, 3.8) is 0 Å². The van der Waals surface area contributed by atoms with Crippen LogP contribution < -0.4 is 5.32 Å². The minimum Gasteiger partial charge on any atom is -0.508 e. The van der Waals surface area contributed by atoms with Crippen LogP contribution in [0.15, 0.2) is 36.9 Å². The Balaban J connectivity index is 2.62. The van der Waals surface area contributed by atoms with E-state index in [4.69, 9.17) is 9.84 Å². The summed E-state index contributed by atoms with van der Waals surface area (Å²) >= 11 is 3.73. The summed E-state index contributed by atoms with van der Waals surface area (Å²) in [5, 5.41) is 11.1. The van der Waals surface area contributed by atoms with Gasteiger partial charge >= 0.3 is 6.09 Å². The van der Waals surface area contributed by atoms with E-state index in [-0.39, 0.29) is 18.8 Å². The second-order valence-corrected chi connectivity index (χ2v) is 4.23. The minimum absolute atomic E-state index is 0.0680. The molecule has 0 aromatic heterocycles. The zero-order valence-corrected chi connectivity index (χ0v) is 11.1. The van der Waals surface area contributed by atoms with E-state index in [0.29, 0.717) is 0 Å². The number of carbonyl (C=O) groups excluding carboxylic acids is 2. The number of carbonyl (C=O) groups is 2. The van der Waals surface area contributed by atoms with Gasteiger partial charge in [-0.25, -0.2) is 4.79 Å². The van der Waals surface area contributed by atoms with Crippen LogP contribution in [-0.2, 0) is 16.0 Å². The second-order valence-electron chi connectivity index (χ2n) is 3.79. The van der Waals surface area contributed by atoms with Crippen LogP contribution >= 0.6 is 12.6 Å². The molecule has 0 aliphatic carbocycles. The normalized spacial score (nSPS) is 11.4. The minimum atomic E-state index is -0.787. The molecule has 0 aliphatic rings. The smallest absolute Gasteiger partial charge is 0.408 e. The summed E-state index contributed by atoms with van der Waals surface area (Å²) in [6.07, 6.45) is 0.995. The molecule has 1 rings (SSSR count). The Morgan fingerprint density at radius 3 is 2.58 bits per heavy atom. The Bertz CT molecular complexity index is 458. The van der Waals surface area contributed by atoms with E-state index < -0.39 is 17.3 Å². The van der Waals surface area contributed by atoms with Gasteiger partial charge in [-0.15, -0.1) is 12.6 Å². The number of thiol groups is 1. The number of phenolic OH excluding ortho intramolecular Hbond substituents is 1. The van der Waals surface area contributed by atoms with Crippen molar-refractivity contribution in [2.24, 2.45) is 0 Å². The van der Waals surface area contributed by atoms with Crippen LogP contribution in [0, 0.1) is 0 Å². The summed E-state index contributed by atoms with van der Waals surface area (Å²) in [6, 6.07) is 5.55. The first-order chi connectivity index (χ1) is 9.02. The van der Waals surface area contributed by atoms with Crippen LogP contribution in [0.3, 0.4) is 0 Å². The van der Waals surface area contributed by atoms with Gasteiger partial charge < -0.3 is 15.2 Å². The summed E-state index contributed by atoms with van der Waals surface area (Å²) in [6.45, 7) is 3.48. The SMILES string of the molecule is C=CCOC(=O)NC(Cc1ccc(O)cc1)C(=O)S. The molecule has 5 nitrogen and oxygen atoms in total. The van der Waals surface area contributed by atoms with Gasteiger partial charge in [0.1, 0.15) is 18.4 Å². The van der Waals surface area contributed by atoms with Crippen LogP contribution in [0.1, 0.15) is 5.56 Å². The maximum atomic E-state index is 11.4. The molecule has 0 spiro atoms. The number of rotatable bonds is 6. The quantitative estimate of drug-likeness (QED) is 0.547. The third-order valence-electron chi connectivity index (χ3n) is 2.30. The number of nitrogens with one attached hydrogen (secondary N) is 1. The third kappa shape index (κ3) is 5.48. The molecule has 6 heteroatoms. The molecule has 0 radical (unpaired) electrons. The Labute approximate surface area is 116 Å². The summed E-state index contributed by atoms with van der Waals surface area (Å²) in [4.78, 5) is 22.7. The van der Waals surface area contributed by atoms with Gasteiger partial charge in [0.25, 0.3) is 0 Å². The first-order valence-electron chi connectivity index (χ1n) is 5.58. The average Bonchev–Trinajstić information content (AvgIpc) is 2.38. The van der Waals surface area contributed by atoms with Crippen LogP contribution in [0.4, 0.5) is 4.79 Å². The molecule has 1 atom stereocenters. The van der Waals surface area contributed by atoms with Gasteiger partial charge in [0.05, 0.1) is 0 Å². The molecule has 102 valence electrons. The maximum Gasteiger partial charge on any atom is 0.408 e. The molecule has 0 saturated heterocycles. The second kappa shape index (κ2) is 7.48. The van der Waals surface area contributed by atoms with Crippen LogP contribution in [0.2, 0.25) is 0 Å². The molecule has 1 amide bonds. The lowest BCUT2D eigenvalue weighted by Gasteiger charge is -2.15. The molecule has 0 heterocycles. The first-order valence-corrected chi connectivity index (χ1v) is 6.02. The summed E-state index contributed by atoms with van der Waals surface area (Å²) in [5.41, 5.74) is 0.786. The summed E-state index contributed by atoms with van der Waals surface area (Å²) in [7, 11) is 0. The van der Waals surface area contributed by atoms with Crippen molar-refractivity contribution >= 4 is 23.8 Å². The lowest BCUT2D eigenvalue weighted by molar-refractivity contribution is -0.112. The molecule has 19 heavy (non-hydrogen) atoms. The van der Waals surface area contributed by atoms with Crippen molar-refractivity contribution in [2.45, 2.75) is 12.5 Å². The van der Waals surface area contributed by atoms with E-state index in [1.165, 1.54) is 18.2 Å². The number of phenols is 1. The van der Waals surface area contributed by atoms with Crippen molar-refractivity contribution in [3.05, 3.63) is 42.5 Å². The number of amides is 1. The maximum absolute atomic E-state index is 11.4. The van der Waals surface area contributed by atoms with Gasteiger partial charge in [-0.3, -0.25) is 4.79 Å². The van der Waals surface area contributed by atoms with E-state index in [2.05, 4.69) is 24.5 Å². The fraction of sp³-hybridized carbons (Fsp3) is 0.231. The van der Waals surface area contributed by atoms with Crippen molar-refractivity contribution in [2.75, 3.05) is 6.61 Å². The van der Waals surface area contributed by atoms with Gasteiger partial charge in [-0.1, -0.05) is 24.8 Å². The number of hydrogen-bond acceptors (Lipinski definition) is 4. The molecule has 1 aromatic rings. The van der Waals surface area contributed by atoms with Crippen LogP contribution in [0.5, 0.6) is 5.75 Å². The Morgan fingerprint density at radius 1 is 1.42 bits per heavy atom. The summed E-state index contributed by atoms with van der Waals surface area (Å²) in [5.74, 6) is 0.135. The lowest BCUT2D eigenvalue weighted by Crippen LogP contribution is -2.40. The van der Waals surface area contributed by atoms with Crippen molar-refractivity contribution in [3.8, 4) is 5.75 Å². The number of benzene rings is 1. The van der Waals surface area contributed by atoms with Crippen molar-refractivity contribution in [1.82, 2.24) is 5.32 Å². The largest absolute Gasteiger partial charge is 0.508 e. The number of hydrogen-bond donors (Lipinski definition) is 3. The number of aromatic hydroxyl groups is 1. The molecular formula is C13H15NO4S. The molecule has 1 aromatic carbocycles. The topological polar surface area (TPSA) is 75.6 Å². The van der Waals surface area contributed by atoms with Gasteiger partial charge in [0.15, 0.2) is 0 Å². The summed E-state index contributed by atoms with van der Waals surface area (Å²) < 4.78 is 4.73. The fourth-order valence-electron chi connectivity index (χ4n) is 1.39. The number of ether oxygens (including phenoxy) is 1. The van der Waals surface area contributed by atoms with Crippen LogP contribution in [0.25, 0.3) is 0 Å². The zero-order chi connectivity index (χ0) is 14.3. The molecular weight excluding hydrogens is 266 g/mol. The molecule has 0 saturated carbocycles. The van der Waals surface area contributed by atoms with Crippen LogP contribution in [-0.4, -0.2) is 29.0 Å².